The fraction of sp³-hybridized carbons (Fsp3) is 0.368. The lowest BCUT2D eigenvalue weighted by atomic mass is 10.2. The van der Waals surface area contributed by atoms with E-state index in [0.29, 0.717) is 29.7 Å². The molecular weight excluding hydrogens is 348 g/mol. The molecule has 2 aromatic carbocycles. The Labute approximate surface area is 150 Å². The molecule has 3 rings (SSSR count). The Morgan fingerprint density at radius 1 is 1.12 bits per heavy atom. The highest BCUT2D eigenvalue weighted by Gasteiger charge is 2.31. The molecule has 134 valence electrons. The minimum absolute atomic E-state index is 0.0326. The number of nitrogens with zero attached hydrogens (tertiary/aromatic N) is 1. The maximum atomic E-state index is 14.0. The summed E-state index contributed by atoms with van der Waals surface area (Å²) in [5, 5.41) is 10.6. The summed E-state index contributed by atoms with van der Waals surface area (Å²) in [6.45, 7) is 0.603. The Balaban J connectivity index is 1.59. The van der Waals surface area contributed by atoms with Crippen LogP contribution in [0.15, 0.2) is 42.5 Å². The van der Waals surface area contributed by atoms with Gasteiger partial charge in [-0.25, -0.2) is 8.78 Å². The van der Waals surface area contributed by atoms with E-state index >= 15 is 0 Å². The molecule has 0 saturated heterocycles. The first kappa shape index (κ1) is 18.1. The summed E-state index contributed by atoms with van der Waals surface area (Å²) in [6.07, 6.45) is 1.20. The van der Waals surface area contributed by atoms with E-state index in [2.05, 4.69) is 0 Å². The van der Waals surface area contributed by atoms with Crippen LogP contribution in [-0.4, -0.2) is 35.3 Å². The molecule has 2 aromatic rings. The van der Waals surface area contributed by atoms with Crippen LogP contribution in [0, 0.1) is 11.6 Å². The maximum absolute atomic E-state index is 14.0. The van der Waals surface area contributed by atoms with Crippen molar-refractivity contribution in [1.29, 1.82) is 0 Å². The van der Waals surface area contributed by atoms with Crippen LogP contribution in [0.5, 0.6) is 5.75 Å². The number of aliphatic hydroxyl groups excluding tert-OH is 1. The van der Waals surface area contributed by atoms with Crippen LogP contribution in [0.4, 0.5) is 8.78 Å². The highest BCUT2D eigenvalue weighted by Crippen LogP contribution is 2.30. The fourth-order valence-corrected chi connectivity index (χ4v) is 2.96. The molecule has 3 nitrogen and oxygen atoms in total. The number of para-hydroxylation sites is 1. The number of aliphatic hydroxyl groups is 1. The van der Waals surface area contributed by atoms with Crippen LogP contribution in [-0.2, 0) is 6.54 Å². The van der Waals surface area contributed by atoms with Gasteiger partial charge < -0.3 is 9.84 Å². The van der Waals surface area contributed by atoms with E-state index in [1.807, 2.05) is 4.90 Å². The van der Waals surface area contributed by atoms with E-state index in [0.717, 1.165) is 12.8 Å². The number of hydrogen-bond acceptors (Lipinski definition) is 3. The van der Waals surface area contributed by atoms with E-state index < -0.39 is 11.9 Å². The van der Waals surface area contributed by atoms with Crippen molar-refractivity contribution >= 4 is 11.6 Å². The number of hydrogen-bond donors (Lipinski definition) is 1. The number of halogens is 3. The molecular formula is C19H20ClF2NO2. The molecule has 1 fully saturated rings. The van der Waals surface area contributed by atoms with Gasteiger partial charge in [0.15, 0.2) is 11.6 Å². The fourth-order valence-electron chi connectivity index (χ4n) is 2.74. The highest BCUT2D eigenvalue weighted by molar-refractivity contribution is 6.31. The summed E-state index contributed by atoms with van der Waals surface area (Å²) in [5.74, 6) is -0.709. The Hall–Kier alpha value is -1.69. The number of ether oxygens (including phenoxy) is 1. The van der Waals surface area contributed by atoms with Crippen LogP contribution in [0.3, 0.4) is 0 Å². The van der Waals surface area contributed by atoms with E-state index in [4.69, 9.17) is 16.3 Å². The molecule has 1 aliphatic carbocycles. The average molecular weight is 368 g/mol. The Bertz CT molecular complexity index is 704. The van der Waals surface area contributed by atoms with Gasteiger partial charge >= 0.3 is 0 Å². The van der Waals surface area contributed by atoms with E-state index in [1.54, 1.807) is 24.3 Å². The quantitative estimate of drug-likeness (QED) is 0.764. The summed E-state index contributed by atoms with van der Waals surface area (Å²) < 4.78 is 32.9. The maximum Gasteiger partial charge on any atom is 0.165 e. The summed E-state index contributed by atoms with van der Waals surface area (Å²) in [7, 11) is 0. The van der Waals surface area contributed by atoms with Gasteiger partial charge in [-0.3, -0.25) is 4.90 Å². The first-order chi connectivity index (χ1) is 12.0. The van der Waals surface area contributed by atoms with Crippen LogP contribution < -0.4 is 4.74 Å². The van der Waals surface area contributed by atoms with E-state index in [-0.39, 0.29) is 18.2 Å². The zero-order valence-corrected chi connectivity index (χ0v) is 14.4. The third-order valence-electron chi connectivity index (χ3n) is 4.20. The average Bonchev–Trinajstić information content (AvgIpc) is 3.41. The molecule has 0 amide bonds. The van der Waals surface area contributed by atoms with Gasteiger partial charge in [-0.2, -0.15) is 0 Å². The van der Waals surface area contributed by atoms with Gasteiger partial charge in [0.1, 0.15) is 18.5 Å². The van der Waals surface area contributed by atoms with Crippen LogP contribution >= 0.6 is 11.6 Å². The van der Waals surface area contributed by atoms with Gasteiger partial charge in [0.05, 0.1) is 0 Å². The Morgan fingerprint density at radius 3 is 2.52 bits per heavy atom. The standard InChI is InChI=1S/C19H20ClF2NO2/c20-16-4-3-6-17(21)15(16)11-23(13-8-9-13)10-14(24)12-25-19-7-2-1-5-18(19)22/h1-7,13-14,24H,8-12H2. The van der Waals surface area contributed by atoms with Gasteiger partial charge in [0.25, 0.3) is 0 Å². The molecule has 1 atom stereocenters. The highest BCUT2D eigenvalue weighted by atomic mass is 35.5. The predicted octanol–water partition coefficient (Wildman–Crippen LogP) is 4.02. The molecule has 1 N–H and O–H groups in total. The van der Waals surface area contributed by atoms with Crippen molar-refractivity contribution in [3.63, 3.8) is 0 Å². The van der Waals surface area contributed by atoms with Crippen molar-refractivity contribution in [3.05, 3.63) is 64.7 Å². The van der Waals surface area contributed by atoms with E-state index in [9.17, 15) is 13.9 Å². The van der Waals surface area contributed by atoms with Crippen molar-refractivity contribution in [3.8, 4) is 5.75 Å². The molecule has 25 heavy (non-hydrogen) atoms. The molecule has 0 aliphatic heterocycles. The lowest BCUT2D eigenvalue weighted by Gasteiger charge is -2.25. The number of rotatable bonds is 8. The molecule has 1 aliphatic rings. The summed E-state index contributed by atoms with van der Waals surface area (Å²) >= 11 is 6.10. The van der Waals surface area contributed by atoms with Crippen LogP contribution in [0.2, 0.25) is 5.02 Å². The Kier molecular flexibility index (Phi) is 5.89. The molecule has 0 spiro atoms. The topological polar surface area (TPSA) is 32.7 Å². The second kappa shape index (κ2) is 8.13. The van der Waals surface area contributed by atoms with Crippen LogP contribution in [0.1, 0.15) is 18.4 Å². The summed E-state index contributed by atoms with van der Waals surface area (Å²) in [4.78, 5) is 2.00. The third-order valence-corrected chi connectivity index (χ3v) is 4.55. The summed E-state index contributed by atoms with van der Waals surface area (Å²) in [5.41, 5.74) is 0.429. The van der Waals surface area contributed by atoms with Crippen molar-refractivity contribution in [1.82, 2.24) is 4.90 Å². The Morgan fingerprint density at radius 2 is 1.84 bits per heavy atom. The second-order valence-corrected chi connectivity index (χ2v) is 6.66. The molecule has 0 bridgehead atoms. The minimum atomic E-state index is -0.814. The van der Waals surface area contributed by atoms with Crippen molar-refractivity contribution < 1.29 is 18.6 Å². The first-order valence-corrected chi connectivity index (χ1v) is 8.64. The molecule has 1 saturated carbocycles. The minimum Gasteiger partial charge on any atom is -0.488 e. The predicted molar refractivity (Wildman–Crippen MR) is 92.7 cm³/mol. The first-order valence-electron chi connectivity index (χ1n) is 8.27. The zero-order valence-electron chi connectivity index (χ0n) is 13.7. The molecule has 0 heterocycles. The SMILES string of the molecule is OC(COc1ccccc1F)CN(Cc1c(F)cccc1Cl)C1CC1. The van der Waals surface area contributed by atoms with Crippen molar-refractivity contribution in [2.75, 3.05) is 13.2 Å². The smallest absolute Gasteiger partial charge is 0.165 e. The van der Waals surface area contributed by atoms with Gasteiger partial charge in [0, 0.05) is 29.7 Å². The molecule has 1 unspecified atom stereocenters. The number of benzene rings is 2. The lowest BCUT2D eigenvalue weighted by Crippen LogP contribution is -2.37. The van der Waals surface area contributed by atoms with Gasteiger partial charge in [-0.15, -0.1) is 0 Å². The summed E-state index contributed by atoms with van der Waals surface area (Å²) in [6, 6.07) is 11.0. The normalized spacial score (nSPS) is 15.4. The van der Waals surface area contributed by atoms with E-state index in [1.165, 1.54) is 18.2 Å². The molecule has 0 radical (unpaired) electrons. The lowest BCUT2D eigenvalue weighted by molar-refractivity contribution is 0.0609. The zero-order chi connectivity index (χ0) is 17.8. The van der Waals surface area contributed by atoms with Gasteiger partial charge in [-0.1, -0.05) is 29.8 Å². The van der Waals surface area contributed by atoms with Gasteiger partial charge in [0.2, 0.25) is 0 Å². The van der Waals surface area contributed by atoms with Crippen molar-refractivity contribution in [2.24, 2.45) is 0 Å². The van der Waals surface area contributed by atoms with Gasteiger partial charge in [-0.05, 0) is 37.1 Å². The largest absolute Gasteiger partial charge is 0.488 e. The monoisotopic (exact) mass is 367 g/mol. The van der Waals surface area contributed by atoms with Crippen molar-refractivity contribution in [2.45, 2.75) is 31.5 Å². The molecule has 0 aromatic heterocycles. The third kappa shape index (κ3) is 4.91. The van der Waals surface area contributed by atoms with Crippen LogP contribution in [0.25, 0.3) is 0 Å². The second-order valence-electron chi connectivity index (χ2n) is 6.26. The molecule has 6 heteroatoms.